The van der Waals surface area contributed by atoms with Gasteiger partial charge in [-0.3, -0.25) is 0 Å². The molecular weight excluding hydrogens is 196 g/mol. The van der Waals surface area contributed by atoms with Crippen molar-refractivity contribution in [1.29, 1.82) is 5.26 Å². The molecule has 1 aliphatic carbocycles. The van der Waals surface area contributed by atoms with Crippen LogP contribution in [-0.2, 0) is 18.4 Å². The topological polar surface area (TPSA) is 27.0 Å². The number of hydrogen-bond acceptors (Lipinski definition) is 2. The molecule has 2 heteroatoms. The zero-order chi connectivity index (χ0) is 11.2. The second-order valence-electron chi connectivity index (χ2n) is 5.17. The Morgan fingerprint density at radius 2 is 2.12 bits per heavy atom. The minimum atomic E-state index is -0.127. The van der Waals surface area contributed by atoms with Gasteiger partial charge in [-0.15, -0.1) is 0 Å². The minimum absolute atomic E-state index is 0.127. The second-order valence-corrected chi connectivity index (χ2v) is 5.17. The SMILES string of the molecule is CN1CCc2cc(C3(C#N)CC3)ccc2C1. The van der Waals surface area contributed by atoms with E-state index in [2.05, 4.69) is 36.2 Å². The molecular formula is C14H16N2. The molecule has 0 spiro atoms. The van der Waals surface area contributed by atoms with Crippen LogP contribution in [0, 0.1) is 11.3 Å². The second kappa shape index (κ2) is 3.33. The van der Waals surface area contributed by atoms with Gasteiger partial charge in [-0.1, -0.05) is 18.2 Å². The summed E-state index contributed by atoms with van der Waals surface area (Å²) in [6.45, 7) is 2.19. The van der Waals surface area contributed by atoms with E-state index >= 15 is 0 Å². The molecule has 0 amide bonds. The van der Waals surface area contributed by atoms with Gasteiger partial charge >= 0.3 is 0 Å². The Balaban J connectivity index is 1.98. The molecule has 0 N–H and O–H groups in total. The Morgan fingerprint density at radius 1 is 1.31 bits per heavy atom. The predicted molar refractivity (Wildman–Crippen MR) is 63.0 cm³/mol. The Kier molecular flexibility index (Phi) is 2.05. The van der Waals surface area contributed by atoms with Crippen molar-refractivity contribution < 1.29 is 0 Å². The number of rotatable bonds is 1. The Morgan fingerprint density at radius 3 is 2.81 bits per heavy atom. The highest BCUT2D eigenvalue weighted by molar-refractivity contribution is 5.44. The van der Waals surface area contributed by atoms with E-state index in [0.717, 1.165) is 32.4 Å². The van der Waals surface area contributed by atoms with Crippen LogP contribution < -0.4 is 0 Å². The number of hydrogen-bond donors (Lipinski definition) is 0. The van der Waals surface area contributed by atoms with E-state index in [9.17, 15) is 5.26 Å². The predicted octanol–water partition coefficient (Wildman–Crippen LogP) is 2.23. The molecule has 0 aromatic heterocycles. The van der Waals surface area contributed by atoms with Crippen LogP contribution in [0.15, 0.2) is 18.2 Å². The zero-order valence-electron chi connectivity index (χ0n) is 9.66. The van der Waals surface area contributed by atoms with Crippen LogP contribution in [0.4, 0.5) is 0 Å². The summed E-state index contributed by atoms with van der Waals surface area (Å²) in [5.41, 5.74) is 4.01. The number of nitrogens with zero attached hydrogens (tertiary/aromatic N) is 2. The van der Waals surface area contributed by atoms with Crippen LogP contribution in [0.3, 0.4) is 0 Å². The quantitative estimate of drug-likeness (QED) is 0.713. The lowest BCUT2D eigenvalue weighted by molar-refractivity contribution is 0.313. The first-order valence-corrected chi connectivity index (χ1v) is 5.96. The number of fused-ring (bicyclic) bond motifs is 1. The highest BCUT2D eigenvalue weighted by atomic mass is 15.1. The molecule has 0 bridgehead atoms. The molecule has 1 saturated carbocycles. The van der Waals surface area contributed by atoms with Crippen LogP contribution in [0.5, 0.6) is 0 Å². The van der Waals surface area contributed by atoms with Crippen LogP contribution in [-0.4, -0.2) is 18.5 Å². The van der Waals surface area contributed by atoms with Crippen molar-refractivity contribution in [2.24, 2.45) is 0 Å². The summed E-state index contributed by atoms with van der Waals surface area (Å²) < 4.78 is 0. The normalized spacial score (nSPS) is 22.2. The van der Waals surface area contributed by atoms with Gasteiger partial charge < -0.3 is 4.90 Å². The maximum absolute atomic E-state index is 9.20. The summed E-state index contributed by atoms with van der Waals surface area (Å²) in [6.07, 6.45) is 3.21. The van der Waals surface area contributed by atoms with E-state index < -0.39 is 0 Å². The third-order valence-electron chi connectivity index (χ3n) is 3.93. The van der Waals surface area contributed by atoms with Gasteiger partial charge in [0.05, 0.1) is 11.5 Å². The van der Waals surface area contributed by atoms with Gasteiger partial charge in [0.25, 0.3) is 0 Å². The van der Waals surface area contributed by atoms with Gasteiger partial charge in [0.2, 0.25) is 0 Å². The van der Waals surface area contributed by atoms with Crippen molar-refractivity contribution in [2.75, 3.05) is 13.6 Å². The van der Waals surface area contributed by atoms with E-state index in [-0.39, 0.29) is 5.41 Å². The molecule has 3 rings (SSSR count). The van der Waals surface area contributed by atoms with Crippen LogP contribution in [0.1, 0.15) is 29.5 Å². The fourth-order valence-electron chi connectivity index (χ4n) is 2.58. The minimum Gasteiger partial charge on any atom is -0.302 e. The third-order valence-corrected chi connectivity index (χ3v) is 3.93. The van der Waals surface area contributed by atoms with Crippen molar-refractivity contribution in [3.05, 3.63) is 34.9 Å². The molecule has 1 heterocycles. The average Bonchev–Trinajstić information content (AvgIpc) is 3.09. The Hall–Kier alpha value is -1.33. The van der Waals surface area contributed by atoms with Gasteiger partial charge in [-0.2, -0.15) is 5.26 Å². The molecule has 2 nitrogen and oxygen atoms in total. The fourth-order valence-corrected chi connectivity index (χ4v) is 2.58. The third kappa shape index (κ3) is 1.44. The Labute approximate surface area is 96.5 Å². The number of nitriles is 1. The first kappa shape index (κ1) is 9.86. The van der Waals surface area contributed by atoms with Crippen molar-refractivity contribution in [2.45, 2.75) is 31.2 Å². The van der Waals surface area contributed by atoms with Crippen LogP contribution in [0.2, 0.25) is 0 Å². The molecule has 0 atom stereocenters. The molecule has 0 radical (unpaired) electrons. The largest absolute Gasteiger partial charge is 0.302 e. The fraction of sp³-hybridized carbons (Fsp3) is 0.500. The molecule has 1 fully saturated rings. The first-order valence-electron chi connectivity index (χ1n) is 5.96. The first-order chi connectivity index (χ1) is 7.73. The van der Waals surface area contributed by atoms with Gasteiger partial charge in [0.15, 0.2) is 0 Å². The molecule has 1 aromatic rings. The summed E-state index contributed by atoms with van der Waals surface area (Å²) in [4.78, 5) is 2.35. The molecule has 1 aromatic carbocycles. The van der Waals surface area contributed by atoms with Crippen molar-refractivity contribution in [1.82, 2.24) is 4.90 Å². The molecule has 82 valence electrons. The van der Waals surface area contributed by atoms with E-state index in [1.54, 1.807) is 0 Å². The molecule has 2 aliphatic rings. The summed E-state index contributed by atoms with van der Waals surface area (Å²) in [5.74, 6) is 0. The lowest BCUT2D eigenvalue weighted by Gasteiger charge is -2.25. The van der Waals surface area contributed by atoms with Crippen molar-refractivity contribution in [3.8, 4) is 6.07 Å². The van der Waals surface area contributed by atoms with Crippen LogP contribution in [0.25, 0.3) is 0 Å². The summed E-state index contributed by atoms with van der Waals surface area (Å²) in [5, 5.41) is 9.20. The van der Waals surface area contributed by atoms with Gasteiger partial charge in [-0.05, 0) is 43.0 Å². The van der Waals surface area contributed by atoms with Gasteiger partial charge in [0, 0.05) is 13.1 Å². The lowest BCUT2D eigenvalue weighted by Crippen LogP contribution is -2.26. The van der Waals surface area contributed by atoms with Gasteiger partial charge in [-0.25, -0.2) is 0 Å². The highest BCUT2D eigenvalue weighted by Gasteiger charge is 2.45. The Bertz CT molecular complexity index is 466. The summed E-state index contributed by atoms with van der Waals surface area (Å²) in [7, 11) is 2.16. The van der Waals surface area contributed by atoms with Crippen LogP contribution >= 0.6 is 0 Å². The lowest BCUT2D eigenvalue weighted by atomic mass is 9.91. The van der Waals surface area contributed by atoms with E-state index in [1.165, 1.54) is 16.7 Å². The van der Waals surface area contributed by atoms with Crippen molar-refractivity contribution >= 4 is 0 Å². The summed E-state index contributed by atoms with van der Waals surface area (Å²) in [6, 6.07) is 9.13. The molecule has 0 saturated heterocycles. The number of likely N-dealkylation sites (N-methyl/N-ethyl adjacent to an activating group) is 1. The molecule has 0 unspecified atom stereocenters. The standard InChI is InChI=1S/C14H16N2/c1-16-7-4-11-8-13(3-2-12(11)9-16)14(10-15)5-6-14/h2-3,8H,4-7,9H2,1H3. The monoisotopic (exact) mass is 212 g/mol. The average molecular weight is 212 g/mol. The van der Waals surface area contributed by atoms with Crippen molar-refractivity contribution in [3.63, 3.8) is 0 Å². The van der Waals surface area contributed by atoms with E-state index in [1.807, 2.05) is 0 Å². The number of benzene rings is 1. The maximum Gasteiger partial charge on any atom is 0.0823 e. The smallest absolute Gasteiger partial charge is 0.0823 e. The highest BCUT2D eigenvalue weighted by Crippen LogP contribution is 2.48. The van der Waals surface area contributed by atoms with Gasteiger partial charge in [0.1, 0.15) is 0 Å². The summed E-state index contributed by atoms with van der Waals surface area (Å²) >= 11 is 0. The maximum atomic E-state index is 9.20. The van der Waals surface area contributed by atoms with E-state index in [0.29, 0.717) is 0 Å². The zero-order valence-corrected chi connectivity index (χ0v) is 9.66. The molecule has 1 aliphatic heterocycles. The van der Waals surface area contributed by atoms with E-state index in [4.69, 9.17) is 0 Å². The molecule has 16 heavy (non-hydrogen) atoms.